The van der Waals surface area contributed by atoms with Gasteiger partial charge in [0.1, 0.15) is 15.6 Å². The van der Waals surface area contributed by atoms with Crippen molar-refractivity contribution in [1.82, 2.24) is 0 Å². The first-order valence-corrected chi connectivity index (χ1v) is 7.92. The van der Waals surface area contributed by atoms with E-state index in [2.05, 4.69) is 0 Å². The lowest BCUT2D eigenvalue weighted by Crippen LogP contribution is -2.20. The average Bonchev–Trinajstić information content (AvgIpc) is 2.33. The van der Waals surface area contributed by atoms with Gasteiger partial charge in [-0.1, -0.05) is 18.2 Å². The molecule has 0 heterocycles. The van der Waals surface area contributed by atoms with Crippen molar-refractivity contribution in [2.75, 3.05) is 19.1 Å². The maximum absolute atomic E-state index is 11.2. The summed E-state index contributed by atoms with van der Waals surface area (Å²) in [6, 6.07) is 7.14. The monoisotopic (exact) mass is 286 g/mol. The van der Waals surface area contributed by atoms with Crippen LogP contribution in [0.3, 0.4) is 0 Å². The van der Waals surface area contributed by atoms with Gasteiger partial charge in [0.2, 0.25) is 0 Å². The SMILES string of the molecule is COc1ccccc1CC(CCS(C)(=O)=O)C(=O)O. The minimum absolute atomic E-state index is 0.103. The fourth-order valence-corrected chi connectivity index (χ4v) is 2.52. The molecule has 0 aromatic heterocycles. The molecule has 0 bridgehead atoms. The Hall–Kier alpha value is -1.56. The summed E-state index contributed by atoms with van der Waals surface area (Å²) in [5.41, 5.74) is 0.769. The van der Waals surface area contributed by atoms with E-state index in [1.807, 2.05) is 0 Å². The summed E-state index contributed by atoms with van der Waals surface area (Å²) in [7, 11) is -1.64. The number of carbonyl (C=O) groups is 1. The van der Waals surface area contributed by atoms with E-state index in [1.54, 1.807) is 24.3 Å². The summed E-state index contributed by atoms with van der Waals surface area (Å²) < 4.78 is 27.4. The number of aliphatic carboxylic acids is 1. The van der Waals surface area contributed by atoms with E-state index < -0.39 is 21.7 Å². The van der Waals surface area contributed by atoms with Gasteiger partial charge in [-0.25, -0.2) is 8.42 Å². The predicted molar refractivity (Wildman–Crippen MR) is 72.2 cm³/mol. The van der Waals surface area contributed by atoms with Crippen molar-refractivity contribution in [3.63, 3.8) is 0 Å². The van der Waals surface area contributed by atoms with Gasteiger partial charge in [-0.15, -0.1) is 0 Å². The fraction of sp³-hybridized carbons (Fsp3) is 0.462. The number of para-hydroxylation sites is 1. The van der Waals surface area contributed by atoms with Gasteiger partial charge in [-0.05, 0) is 24.5 Å². The zero-order valence-electron chi connectivity index (χ0n) is 11.0. The van der Waals surface area contributed by atoms with Crippen LogP contribution in [0.25, 0.3) is 0 Å². The van der Waals surface area contributed by atoms with Crippen molar-refractivity contribution >= 4 is 15.8 Å². The van der Waals surface area contributed by atoms with Crippen LogP contribution in [0, 0.1) is 5.92 Å². The number of rotatable bonds is 7. The molecule has 1 aromatic carbocycles. The van der Waals surface area contributed by atoms with Crippen LogP contribution >= 0.6 is 0 Å². The van der Waals surface area contributed by atoms with E-state index in [0.29, 0.717) is 5.75 Å². The summed E-state index contributed by atoms with van der Waals surface area (Å²) >= 11 is 0. The first-order valence-electron chi connectivity index (χ1n) is 5.86. The third kappa shape index (κ3) is 5.30. The highest BCUT2D eigenvalue weighted by molar-refractivity contribution is 7.90. The quantitative estimate of drug-likeness (QED) is 0.819. The highest BCUT2D eigenvalue weighted by Gasteiger charge is 2.21. The van der Waals surface area contributed by atoms with Crippen LogP contribution in [0.4, 0.5) is 0 Å². The topological polar surface area (TPSA) is 80.7 Å². The zero-order chi connectivity index (χ0) is 14.5. The number of hydrogen-bond acceptors (Lipinski definition) is 4. The average molecular weight is 286 g/mol. The molecule has 1 rings (SSSR count). The number of carboxylic acids is 1. The minimum atomic E-state index is -3.16. The molecule has 1 N–H and O–H groups in total. The van der Waals surface area contributed by atoms with Gasteiger partial charge in [-0.3, -0.25) is 4.79 Å². The number of methoxy groups -OCH3 is 1. The standard InChI is InChI=1S/C13H18O5S/c1-18-12-6-4-3-5-10(12)9-11(13(14)15)7-8-19(2,16)17/h3-6,11H,7-9H2,1-2H3,(H,14,15). The molecule has 1 aromatic rings. The molecule has 0 spiro atoms. The fourth-order valence-electron chi connectivity index (χ4n) is 1.81. The molecule has 0 aliphatic heterocycles. The molecule has 1 atom stereocenters. The highest BCUT2D eigenvalue weighted by Crippen LogP contribution is 2.22. The Balaban J connectivity index is 2.81. The Bertz CT molecular complexity index is 536. The summed E-state index contributed by atoms with van der Waals surface area (Å²) in [6.45, 7) is 0. The predicted octanol–water partition coefficient (Wildman–Crippen LogP) is 1.37. The van der Waals surface area contributed by atoms with E-state index in [-0.39, 0.29) is 18.6 Å². The molecular formula is C13H18O5S. The third-order valence-corrected chi connectivity index (χ3v) is 3.82. The Morgan fingerprint density at radius 2 is 2.00 bits per heavy atom. The minimum Gasteiger partial charge on any atom is -0.496 e. The number of benzene rings is 1. The molecular weight excluding hydrogens is 268 g/mol. The van der Waals surface area contributed by atoms with Crippen molar-refractivity contribution < 1.29 is 23.1 Å². The van der Waals surface area contributed by atoms with Gasteiger partial charge in [0.25, 0.3) is 0 Å². The van der Waals surface area contributed by atoms with E-state index >= 15 is 0 Å². The second-order valence-corrected chi connectivity index (χ2v) is 6.73. The van der Waals surface area contributed by atoms with Crippen LogP contribution in [-0.4, -0.2) is 38.6 Å². The third-order valence-electron chi connectivity index (χ3n) is 2.85. The lowest BCUT2D eigenvalue weighted by molar-refractivity contribution is -0.141. The van der Waals surface area contributed by atoms with E-state index in [4.69, 9.17) is 9.84 Å². The summed E-state index contributed by atoms with van der Waals surface area (Å²) in [5, 5.41) is 9.16. The Labute approximate surface area is 113 Å². The summed E-state index contributed by atoms with van der Waals surface area (Å²) in [5.74, 6) is -1.23. The second-order valence-electron chi connectivity index (χ2n) is 4.47. The molecule has 0 amide bonds. The molecule has 19 heavy (non-hydrogen) atoms. The van der Waals surface area contributed by atoms with Crippen LogP contribution in [0.15, 0.2) is 24.3 Å². The maximum atomic E-state index is 11.2. The van der Waals surface area contributed by atoms with Gasteiger partial charge in [0, 0.05) is 6.26 Å². The maximum Gasteiger partial charge on any atom is 0.306 e. The number of sulfone groups is 1. The molecule has 5 nitrogen and oxygen atoms in total. The van der Waals surface area contributed by atoms with Crippen LogP contribution < -0.4 is 4.74 Å². The van der Waals surface area contributed by atoms with E-state index in [1.165, 1.54) is 7.11 Å². The lowest BCUT2D eigenvalue weighted by atomic mass is 9.96. The molecule has 0 saturated carbocycles. The van der Waals surface area contributed by atoms with Gasteiger partial charge in [0.15, 0.2) is 0 Å². The van der Waals surface area contributed by atoms with Gasteiger partial charge in [-0.2, -0.15) is 0 Å². The van der Waals surface area contributed by atoms with Crippen LogP contribution in [0.1, 0.15) is 12.0 Å². The van der Waals surface area contributed by atoms with Gasteiger partial charge in [0.05, 0.1) is 18.8 Å². The lowest BCUT2D eigenvalue weighted by Gasteiger charge is -2.14. The molecule has 6 heteroatoms. The van der Waals surface area contributed by atoms with E-state index in [0.717, 1.165) is 11.8 Å². The van der Waals surface area contributed by atoms with Crippen molar-refractivity contribution in [3.8, 4) is 5.75 Å². The Morgan fingerprint density at radius 1 is 1.37 bits per heavy atom. The Kier molecular flexibility index (Phi) is 5.35. The summed E-state index contributed by atoms with van der Waals surface area (Å²) in [6.07, 6.45) is 1.47. The number of carboxylic acid groups (broad SMARTS) is 1. The molecule has 1 unspecified atom stereocenters. The van der Waals surface area contributed by atoms with Crippen LogP contribution in [0.5, 0.6) is 5.75 Å². The smallest absolute Gasteiger partial charge is 0.306 e. The molecule has 0 saturated heterocycles. The van der Waals surface area contributed by atoms with Gasteiger partial charge < -0.3 is 9.84 Å². The summed E-state index contributed by atoms with van der Waals surface area (Å²) in [4.78, 5) is 11.2. The van der Waals surface area contributed by atoms with Crippen LogP contribution in [0.2, 0.25) is 0 Å². The first kappa shape index (κ1) is 15.5. The van der Waals surface area contributed by atoms with Crippen molar-refractivity contribution in [2.24, 2.45) is 5.92 Å². The Morgan fingerprint density at radius 3 is 2.53 bits per heavy atom. The first-order chi connectivity index (χ1) is 8.83. The van der Waals surface area contributed by atoms with Crippen LogP contribution in [-0.2, 0) is 21.1 Å². The van der Waals surface area contributed by atoms with Crippen molar-refractivity contribution in [3.05, 3.63) is 29.8 Å². The van der Waals surface area contributed by atoms with Crippen molar-refractivity contribution in [1.29, 1.82) is 0 Å². The second kappa shape index (κ2) is 6.56. The zero-order valence-corrected chi connectivity index (χ0v) is 11.8. The van der Waals surface area contributed by atoms with Gasteiger partial charge >= 0.3 is 5.97 Å². The molecule has 0 aliphatic carbocycles. The van der Waals surface area contributed by atoms with Crippen molar-refractivity contribution in [2.45, 2.75) is 12.8 Å². The molecule has 0 radical (unpaired) electrons. The number of hydrogen-bond donors (Lipinski definition) is 1. The number of ether oxygens (including phenoxy) is 1. The molecule has 0 fully saturated rings. The molecule has 106 valence electrons. The van der Waals surface area contributed by atoms with E-state index in [9.17, 15) is 13.2 Å². The highest BCUT2D eigenvalue weighted by atomic mass is 32.2. The molecule has 0 aliphatic rings. The largest absolute Gasteiger partial charge is 0.496 e. The normalized spacial score (nSPS) is 12.9.